The van der Waals surface area contributed by atoms with E-state index in [-0.39, 0.29) is 85.6 Å². The molecule has 1 saturated heterocycles. The minimum atomic E-state index is -4.77. The van der Waals surface area contributed by atoms with Crippen molar-refractivity contribution in [2.24, 2.45) is 40.9 Å². The summed E-state index contributed by atoms with van der Waals surface area (Å²) in [5.74, 6) is -2.31. The number of hydrogen-bond acceptors (Lipinski definition) is 33. The molecule has 1 aliphatic heterocycles. The Hall–Kier alpha value is -14.4. The summed E-state index contributed by atoms with van der Waals surface area (Å²) in [6.07, 6.45) is 0. The quantitative estimate of drug-likeness (QED) is 0.0187. The number of carboxylic acids is 4. The lowest BCUT2D eigenvalue weighted by atomic mass is 10.1. The van der Waals surface area contributed by atoms with Crippen LogP contribution in [-0.2, 0) is 45.2 Å². The molecule has 13 rings (SSSR count). The Balaban J connectivity index is 0.000000175. The molecule has 45 heteroatoms. The fourth-order valence-corrected chi connectivity index (χ4v) is 14.3. The molecule has 0 saturated carbocycles. The molecule has 3 heterocycles. The summed E-state index contributed by atoms with van der Waals surface area (Å²) in [6, 6.07) is 43.7. The van der Waals surface area contributed by atoms with Crippen molar-refractivity contribution < 1.29 is 101 Å². The van der Waals surface area contributed by atoms with Gasteiger partial charge in [0.2, 0.25) is 23.8 Å². The van der Waals surface area contributed by atoms with Gasteiger partial charge in [-0.3, -0.25) is 18.2 Å². The Morgan fingerprint density at radius 3 is 1.20 bits per heavy atom. The third-order valence-electron chi connectivity index (χ3n) is 17.1. The molecule has 41 nitrogen and oxygen atoms in total. The van der Waals surface area contributed by atoms with E-state index < -0.39 is 83.9 Å². The summed E-state index contributed by atoms with van der Waals surface area (Å²) in [6.45, 7) is 11.9. The molecule has 0 spiro atoms. The summed E-state index contributed by atoms with van der Waals surface area (Å²) in [7, 11) is -17.0. The number of carbonyl (C=O) groups is 4. The summed E-state index contributed by atoms with van der Waals surface area (Å²) in [5.41, 5.74) is 6.36. The molecule has 0 bridgehead atoms. The van der Waals surface area contributed by atoms with Gasteiger partial charge in [-0.05, 0) is 191 Å². The zero-order chi connectivity index (χ0) is 89.3. The summed E-state index contributed by atoms with van der Waals surface area (Å²) in [5, 5.41) is 89.0. The van der Waals surface area contributed by atoms with Crippen molar-refractivity contribution in [1.82, 2.24) is 29.9 Å². The Bertz CT molecular complexity index is 6620. The summed E-state index contributed by atoms with van der Waals surface area (Å²) in [4.78, 5) is 70.2. The molecule has 10 aromatic carbocycles. The van der Waals surface area contributed by atoms with Crippen LogP contribution in [0.2, 0.25) is 0 Å². The number of azo groups is 4. The van der Waals surface area contributed by atoms with Crippen molar-refractivity contribution in [1.29, 1.82) is 0 Å². The molecule has 123 heavy (non-hydrogen) atoms. The molecular weight excluding hydrogens is 1680 g/mol. The predicted molar refractivity (Wildman–Crippen MR) is 448 cm³/mol. The van der Waals surface area contributed by atoms with Gasteiger partial charge >= 0.3 is 23.9 Å². The molecule has 0 radical (unpaired) electrons. The SMILES string of the molecule is CNc1ccc(N=Nc2cc(C(=O)O)cc(C(=O)O)c2)cc1.Cc1ccc(N=Nc2cc(S(=O)(=O)O)c3cccc(S(=O)(=O)O)c3c2)c(C)c1.Cc1nc(NCCO)nc(Nc2ccc(N=Nc3cc(S(=O)(=O)O)c4cccc(S(=O)(=O)O)c4c3)c(C)c2)n1.Cc1nc(Nc2ccc(N=Nc3cc(C(=O)O)cc(C(=O)O)c3)cc2)nc(N2CCOCC2)n1. The number of ether oxygens (including phenoxy) is 1. The largest absolute Gasteiger partial charge is 0.478 e. The summed E-state index contributed by atoms with van der Waals surface area (Å²) >= 11 is 0. The van der Waals surface area contributed by atoms with Crippen molar-refractivity contribution in [2.45, 2.75) is 54.2 Å². The number of anilines is 7. The second-order valence-corrected chi connectivity index (χ2v) is 31.8. The zero-order valence-corrected chi connectivity index (χ0v) is 68.5. The van der Waals surface area contributed by atoms with Crippen LogP contribution >= 0.6 is 0 Å². The van der Waals surface area contributed by atoms with Gasteiger partial charge in [0.25, 0.3) is 40.5 Å². The third kappa shape index (κ3) is 25.3. The zero-order valence-electron chi connectivity index (χ0n) is 65.2. The number of nitrogens with one attached hydrogen (secondary N) is 4. The molecule has 636 valence electrons. The number of benzene rings is 10. The molecule has 0 aliphatic carbocycles. The molecule has 0 unspecified atom stereocenters. The first-order valence-corrected chi connectivity index (χ1v) is 41.6. The average molecular weight is 1760 g/mol. The van der Waals surface area contributed by atoms with Crippen LogP contribution in [0.1, 0.15) is 69.8 Å². The topological polar surface area (TPSA) is 624 Å². The van der Waals surface area contributed by atoms with Crippen LogP contribution < -0.4 is 26.2 Å². The molecule has 12 aromatic rings. The lowest BCUT2D eigenvalue weighted by Gasteiger charge is -2.26. The molecule has 1 aliphatic rings. The fraction of sp³-hybridized carbons (Fsp3) is 0.154. The van der Waals surface area contributed by atoms with Crippen LogP contribution in [0.3, 0.4) is 0 Å². The number of aliphatic hydroxyl groups excluding tert-OH is 1. The van der Waals surface area contributed by atoms with E-state index in [1.807, 2.05) is 43.0 Å². The van der Waals surface area contributed by atoms with Crippen LogP contribution in [0.25, 0.3) is 21.5 Å². The smallest absolute Gasteiger partial charge is 0.335 e. The lowest BCUT2D eigenvalue weighted by Crippen LogP contribution is -2.37. The van der Waals surface area contributed by atoms with Crippen LogP contribution in [-0.4, -0.2) is 178 Å². The molecule has 0 atom stereocenters. The van der Waals surface area contributed by atoms with Crippen molar-refractivity contribution in [2.75, 3.05) is 72.7 Å². The maximum atomic E-state index is 12.0. The van der Waals surface area contributed by atoms with Gasteiger partial charge in [0.1, 0.15) is 31.2 Å². The second kappa shape index (κ2) is 39.6. The molecule has 0 amide bonds. The van der Waals surface area contributed by atoms with E-state index in [1.54, 1.807) is 88.5 Å². The first-order valence-electron chi connectivity index (χ1n) is 35.8. The standard InChI is InChI=1S/C23H23N7O7S2.C22H21N7O5.C18H16N2O6S2.C15H13N3O4/c1-13-10-15(27-23-26-14(2)25-22(28-23)24-8-9-31)6-7-19(13)30-29-16-11-18-17(21(12-16)39(35,36)37)4-3-5-20(18)38(32,33)34;1-13-23-21(26-22(24-13)29-6-8-34-9-7-29)25-16-2-4-17(5-3-16)27-28-18-11-14(19(30)31)10-15(12-18)20(32)33;1-11-6-7-16(12(2)8-11)20-19-13-9-15-14(18(10-13)28(24,25)26)4-3-5-17(15)27(21,22)23;1-16-11-2-4-12(5-3-11)17-18-13-7-9(14(19)20)6-10(8-13)15(21)22/h3-7,10-12,31H,8-9H2,1-2H3,(H,32,33,34)(H,35,36,37)(H2,24,25,26,27,28);2-5,10-12H,6-9H2,1H3,(H,30,31)(H,32,33)(H,23,24,25,26);3-10H,1-2H3,(H,21,22,23)(H,24,25,26);2-8,16H,1H3,(H,19,20)(H,21,22). The monoisotopic (exact) mass is 1760 g/mol. The summed E-state index contributed by atoms with van der Waals surface area (Å²) < 4.78 is 138. The van der Waals surface area contributed by atoms with Crippen molar-refractivity contribution in [3.8, 4) is 0 Å². The van der Waals surface area contributed by atoms with Gasteiger partial charge < -0.3 is 56.4 Å². The highest BCUT2D eigenvalue weighted by Crippen LogP contribution is 2.38. The first kappa shape index (κ1) is 90.9. The number of aromatic nitrogens is 6. The number of aliphatic hydroxyl groups is 1. The highest BCUT2D eigenvalue weighted by Gasteiger charge is 2.25. The van der Waals surface area contributed by atoms with Gasteiger partial charge in [-0.1, -0.05) is 42.0 Å². The number of nitrogens with zero attached hydrogens (tertiary/aromatic N) is 15. The molecule has 1 fully saturated rings. The van der Waals surface area contributed by atoms with Crippen molar-refractivity contribution >= 4 is 172 Å². The van der Waals surface area contributed by atoms with E-state index in [2.05, 4.69) is 92.1 Å². The third-order valence-corrected chi connectivity index (χ3v) is 20.7. The highest BCUT2D eigenvalue weighted by atomic mass is 32.2. The van der Waals surface area contributed by atoms with Crippen molar-refractivity contribution in [3.05, 3.63) is 233 Å². The van der Waals surface area contributed by atoms with E-state index in [0.29, 0.717) is 89.8 Å². The predicted octanol–water partition coefficient (Wildman–Crippen LogP) is 15.2. The Kier molecular flexibility index (Phi) is 29.3. The number of morpholine rings is 1. The van der Waals surface area contributed by atoms with E-state index in [4.69, 9.17) is 30.3 Å². The van der Waals surface area contributed by atoms with Crippen molar-refractivity contribution in [3.63, 3.8) is 0 Å². The van der Waals surface area contributed by atoms with E-state index in [0.717, 1.165) is 58.9 Å². The molecule has 2 aromatic heterocycles. The van der Waals surface area contributed by atoms with Gasteiger partial charge in [0.15, 0.2) is 0 Å². The molecular formula is C78H73N19O22S4. The van der Waals surface area contributed by atoms with Crippen LogP contribution in [0.15, 0.2) is 242 Å². The number of rotatable bonds is 25. The maximum Gasteiger partial charge on any atom is 0.335 e. The van der Waals surface area contributed by atoms with Gasteiger partial charge in [0, 0.05) is 65.3 Å². The minimum Gasteiger partial charge on any atom is -0.478 e. The molecule has 13 N–H and O–H groups in total. The minimum absolute atomic E-state index is 0.00352. The second-order valence-electron chi connectivity index (χ2n) is 26.2. The van der Waals surface area contributed by atoms with E-state index in [1.165, 1.54) is 60.7 Å². The number of carboxylic acid groups (broad SMARTS) is 4. The van der Waals surface area contributed by atoms with Gasteiger partial charge in [-0.15, -0.1) is 0 Å². The first-order chi connectivity index (χ1) is 58.2. The highest BCUT2D eigenvalue weighted by molar-refractivity contribution is 7.87. The number of aryl methyl sites for hydroxylation is 5. The normalized spacial score (nSPS) is 12.5. The van der Waals surface area contributed by atoms with Crippen LogP contribution in [0.5, 0.6) is 0 Å². The number of fused-ring (bicyclic) bond motifs is 2. The van der Waals surface area contributed by atoms with Crippen LogP contribution in [0, 0.1) is 34.6 Å². The Morgan fingerprint density at radius 1 is 0.390 bits per heavy atom. The number of aromatic carboxylic acids is 4. The van der Waals surface area contributed by atoms with Gasteiger partial charge in [0.05, 0.1) is 87.6 Å². The Labute approximate surface area is 699 Å². The Morgan fingerprint density at radius 2 is 0.772 bits per heavy atom. The van der Waals surface area contributed by atoms with Gasteiger partial charge in [-0.2, -0.15) is 104 Å². The fourth-order valence-electron chi connectivity index (χ4n) is 11.4. The maximum absolute atomic E-state index is 12.0. The lowest BCUT2D eigenvalue weighted by molar-refractivity contribution is 0.0676. The van der Waals surface area contributed by atoms with E-state index >= 15 is 0 Å². The average Bonchev–Trinajstić information content (AvgIpc) is 0.763. The number of hydrogen-bond donors (Lipinski definition) is 13. The van der Waals surface area contributed by atoms with E-state index in [9.17, 15) is 71.1 Å². The van der Waals surface area contributed by atoms with Crippen LogP contribution in [0.4, 0.5) is 86.4 Å². The van der Waals surface area contributed by atoms with Gasteiger partial charge in [-0.25, -0.2) is 19.2 Å².